The van der Waals surface area contributed by atoms with E-state index >= 15 is 0 Å². The van der Waals surface area contributed by atoms with Crippen molar-refractivity contribution >= 4 is 27.3 Å². The molecule has 5 nitrogen and oxygen atoms in total. The molecule has 1 aliphatic rings. The van der Waals surface area contributed by atoms with Crippen LogP contribution in [0.5, 0.6) is 0 Å². The first-order chi connectivity index (χ1) is 8.90. The predicted molar refractivity (Wildman–Crippen MR) is 74.8 cm³/mol. The first-order valence-electron chi connectivity index (χ1n) is 6.06. The number of ether oxygens (including phenoxy) is 1. The Kier molecular flexibility index (Phi) is 4.35. The molecule has 7 heteroatoms. The second-order valence-corrected chi connectivity index (χ2v) is 6.74. The van der Waals surface area contributed by atoms with Gasteiger partial charge in [-0.15, -0.1) is 0 Å². The maximum absolute atomic E-state index is 12.3. The van der Waals surface area contributed by atoms with E-state index in [0.717, 1.165) is 5.56 Å². The van der Waals surface area contributed by atoms with Crippen LogP contribution in [0.2, 0.25) is 5.02 Å². The average molecular weight is 305 g/mol. The van der Waals surface area contributed by atoms with Crippen LogP contribution in [0.25, 0.3) is 0 Å². The minimum atomic E-state index is -3.65. The Morgan fingerprint density at radius 1 is 1.37 bits per heavy atom. The van der Waals surface area contributed by atoms with Gasteiger partial charge in [0.2, 0.25) is 10.0 Å². The minimum absolute atomic E-state index is 0.0313. The van der Waals surface area contributed by atoms with Gasteiger partial charge in [0.1, 0.15) is 4.90 Å². The molecule has 0 amide bonds. The van der Waals surface area contributed by atoms with Crippen LogP contribution in [0, 0.1) is 6.92 Å². The maximum Gasteiger partial charge on any atom is 0.242 e. The summed E-state index contributed by atoms with van der Waals surface area (Å²) in [4.78, 5) is 0.0313. The van der Waals surface area contributed by atoms with Crippen molar-refractivity contribution in [1.82, 2.24) is 4.72 Å². The zero-order valence-electron chi connectivity index (χ0n) is 10.6. The van der Waals surface area contributed by atoms with Gasteiger partial charge in [0.05, 0.1) is 5.02 Å². The highest BCUT2D eigenvalue weighted by atomic mass is 35.5. The number of halogens is 1. The molecule has 1 aliphatic heterocycles. The summed E-state index contributed by atoms with van der Waals surface area (Å²) in [6.45, 7) is 2.91. The molecule has 0 aromatic heterocycles. The first kappa shape index (κ1) is 14.6. The third-order valence-corrected chi connectivity index (χ3v) is 5.14. The van der Waals surface area contributed by atoms with E-state index in [4.69, 9.17) is 22.1 Å². The summed E-state index contributed by atoms with van der Waals surface area (Å²) in [6.07, 6.45) is 1.33. The first-order valence-corrected chi connectivity index (χ1v) is 7.92. The van der Waals surface area contributed by atoms with Crippen molar-refractivity contribution < 1.29 is 13.2 Å². The molecule has 0 saturated carbocycles. The smallest absolute Gasteiger partial charge is 0.242 e. The number of benzene rings is 1. The number of hydrogen-bond acceptors (Lipinski definition) is 4. The Balaban J connectivity index is 2.26. The summed E-state index contributed by atoms with van der Waals surface area (Å²) >= 11 is 6.00. The summed E-state index contributed by atoms with van der Waals surface area (Å²) in [5.74, 6) is 0. The number of aryl methyl sites for hydroxylation is 1. The SMILES string of the molecule is Cc1cc(Cl)c(S(=O)(=O)NC2CCOCC2)cc1N. The number of rotatable bonds is 3. The fraction of sp³-hybridized carbons (Fsp3) is 0.500. The number of nitrogens with one attached hydrogen (secondary N) is 1. The Morgan fingerprint density at radius 3 is 2.63 bits per heavy atom. The summed E-state index contributed by atoms with van der Waals surface area (Å²) in [7, 11) is -3.65. The number of sulfonamides is 1. The Morgan fingerprint density at radius 2 is 2.00 bits per heavy atom. The maximum atomic E-state index is 12.3. The quantitative estimate of drug-likeness (QED) is 0.833. The molecule has 1 saturated heterocycles. The van der Waals surface area contributed by atoms with Crippen molar-refractivity contribution in [2.24, 2.45) is 0 Å². The molecule has 0 bridgehead atoms. The summed E-state index contributed by atoms with van der Waals surface area (Å²) < 4.78 is 32.4. The van der Waals surface area contributed by atoms with E-state index in [1.807, 2.05) is 0 Å². The van der Waals surface area contributed by atoms with Crippen LogP contribution in [0.4, 0.5) is 5.69 Å². The second-order valence-electron chi connectivity index (χ2n) is 4.65. The van der Waals surface area contributed by atoms with Gasteiger partial charge in [-0.3, -0.25) is 0 Å². The molecule has 106 valence electrons. The van der Waals surface area contributed by atoms with E-state index in [1.165, 1.54) is 6.07 Å². The number of nitrogens with two attached hydrogens (primary N) is 1. The van der Waals surface area contributed by atoms with E-state index < -0.39 is 10.0 Å². The topological polar surface area (TPSA) is 81.4 Å². The molecule has 0 spiro atoms. The van der Waals surface area contributed by atoms with Gasteiger partial charge < -0.3 is 10.5 Å². The number of anilines is 1. The van der Waals surface area contributed by atoms with E-state index in [-0.39, 0.29) is 16.0 Å². The molecular weight excluding hydrogens is 288 g/mol. The van der Waals surface area contributed by atoms with Crippen molar-refractivity contribution in [2.45, 2.75) is 30.7 Å². The van der Waals surface area contributed by atoms with Crippen molar-refractivity contribution in [3.8, 4) is 0 Å². The van der Waals surface area contributed by atoms with Crippen molar-refractivity contribution in [1.29, 1.82) is 0 Å². The van der Waals surface area contributed by atoms with Gasteiger partial charge in [0.15, 0.2) is 0 Å². The van der Waals surface area contributed by atoms with E-state index in [0.29, 0.717) is 31.7 Å². The lowest BCUT2D eigenvalue weighted by molar-refractivity contribution is 0.0832. The van der Waals surface area contributed by atoms with Crippen molar-refractivity contribution in [3.05, 3.63) is 22.7 Å². The van der Waals surface area contributed by atoms with Gasteiger partial charge in [-0.25, -0.2) is 13.1 Å². The van der Waals surface area contributed by atoms with Gasteiger partial charge in [-0.2, -0.15) is 0 Å². The second kappa shape index (κ2) is 5.66. The molecular formula is C12H17ClN2O3S. The molecule has 1 aromatic rings. The Labute approximate surface area is 118 Å². The summed E-state index contributed by atoms with van der Waals surface area (Å²) in [5.41, 5.74) is 6.92. The van der Waals surface area contributed by atoms with Crippen LogP contribution in [-0.2, 0) is 14.8 Å². The standard InChI is InChI=1S/C12H17ClN2O3S/c1-8-6-10(13)12(7-11(8)14)19(16,17)15-9-2-4-18-5-3-9/h6-7,9,15H,2-5,14H2,1H3. The van der Waals surface area contributed by atoms with Crippen LogP contribution in [0.15, 0.2) is 17.0 Å². The Bertz CT molecular complexity index is 569. The highest BCUT2D eigenvalue weighted by Gasteiger charge is 2.24. The molecule has 0 atom stereocenters. The van der Waals surface area contributed by atoms with E-state index in [2.05, 4.69) is 4.72 Å². The molecule has 1 aromatic carbocycles. The largest absolute Gasteiger partial charge is 0.398 e. The van der Waals surface area contributed by atoms with Gasteiger partial charge in [-0.05, 0) is 37.5 Å². The minimum Gasteiger partial charge on any atom is -0.398 e. The van der Waals surface area contributed by atoms with Crippen LogP contribution in [0.1, 0.15) is 18.4 Å². The lowest BCUT2D eigenvalue weighted by atomic mass is 10.1. The summed E-state index contributed by atoms with van der Waals surface area (Å²) in [5, 5.41) is 0.186. The molecule has 1 fully saturated rings. The van der Waals surface area contributed by atoms with Crippen LogP contribution < -0.4 is 10.5 Å². The lowest BCUT2D eigenvalue weighted by Gasteiger charge is -2.23. The molecule has 0 radical (unpaired) electrons. The third kappa shape index (κ3) is 3.39. The van der Waals surface area contributed by atoms with Gasteiger partial charge >= 0.3 is 0 Å². The number of hydrogen-bond donors (Lipinski definition) is 2. The molecule has 2 rings (SSSR count). The Hall–Kier alpha value is -0.820. The van der Waals surface area contributed by atoms with Gasteiger partial charge in [0, 0.05) is 24.9 Å². The van der Waals surface area contributed by atoms with Crippen LogP contribution in [0.3, 0.4) is 0 Å². The van der Waals surface area contributed by atoms with E-state index in [9.17, 15) is 8.42 Å². The lowest BCUT2D eigenvalue weighted by Crippen LogP contribution is -2.39. The predicted octanol–water partition coefficient (Wildman–Crippen LogP) is 1.69. The molecule has 0 unspecified atom stereocenters. The highest BCUT2D eigenvalue weighted by molar-refractivity contribution is 7.89. The molecule has 0 aliphatic carbocycles. The van der Waals surface area contributed by atoms with E-state index in [1.54, 1.807) is 13.0 Å². The fourth-order valence-electron chi connectivity index (χ4n) is 1.97. The number of nitrogen functional groups attached to an aromatic ring is 1. The third-order valence-electron chi connectivity index (χ3n) is 3.15. The highest BCUT2D eigenvalue weighted by Crippen LogP contribution is 2.27. The normalized spacial score (nSPS) is 17.6. The van der Waals surface area contributed by atoms with Gasteiger partial charge in [-0.1, -0.05) is 11.6 Å². The van der Waals surface area contributed by atoms with Crippen LogP contribution >= 0.6 is 11.6 Å². The molecule has 3 N–H and O–H groups in total. The zero-order chi connectivity index (χ0) is 14.0. The van der Waals surface area contributed by atoms with Gasteiger partial charge in [0.25, 0.3) is 0 Å². The fourth-order valence-corrected chi connectivity index (χ4v) is 3.90. The molecule has 19 heavy (non-hydrogen) atoms. The monoisotopic (exact) mass is 304 g/mol. The summed E-state index contributed by atoms with van der Waals surface area (Å²) in [6, 6.07) is 2.85. The molecule has 1 heterocycles. The van der Waals surface area contributed by atoms with Crippen LogP contribution in [-0.4, -0.2) is 27.7 Å². The average Bonchev–Trinajstić information content (AvgIpc) is 2.34. The zero-order valence-corrected chi connectivity index (χ0v) is 12.2. The van der Waals surface area contributed by atoms with Crippen molar-refractivity contribution in [3.63, 3.8) is 0 Å². The van der Waals surface area contributed by atoms with Crippen molar-refractivity contribution in [2.75, 3.05) is 18.9 Å².